The largest absolute Gasteiger partial charge is 0.323 e. The molecule has 2 atom stereocenters. The maximum Gasteiger partial charge on any atom is 0.263 e. The predicted octanol–water partition coefficient (Wildman–Crippen LogP) is 2.41. The van der Waals surface area contributed by atoms with E-state index in [9.17, 15) is 18.8 Å². The number of para-hydroxylation sites is 1. The standard InChI is InChI=1S/C18H13ClFN5O3/c19-12-6-1-2-7-13(12)21-14(26)9-24-16-15(22-23-24)17(27)25(18(16)28)11-5-3-4-10(20)8-11/h1-8,15-16H,9H2,(H,21,26)/t15-,16-/m0/s1. The highest BCUT2D eigenvalue weighted by Gasteiger charge is 2.55. The van der Waals surface area contributed by atoms with Crippen LogP contribution in [0.1, 0.15) is 0 Å². The normalized spacial score (nSPS) is 20.6. The molecule has 2 heterocycles. The first-order valence-electron chi connectivity index (χ1n) is 8.31. The molecule has 2 aliphatic heterocycles. The van der Waals surface area contributed by atoms with Gasteiger partial charge in [-0.2, -0.15) is 5.11 Å². The van der Waals surface area contributed by atoms with Crippen molar-refractivity contribution >= 4 is 40.7 Å². The van der Waals surface area contributed by atoms with Crippen LogP contribution in [0.15, 0.2) is 58.9 Å². The second kappa shape index (κ2) is 7.01. The van der Waals surface area contributed by atoms with Gasteiger partial charge in [0.05, 0.1) is 16.4 Å². The van der Waals surface area contributed by atoms with Gasteiger partial charge in [0.25, 0.3) is 11.8 Å². The summed E-state index contributed by atoms with van der Waals surface area (Å²) in [4.78, 5) is 38.5. The Hall–Kier alpha value is -3.33. The van der Waals surface area contributed by atoms with Crippen molar-refractivity contribution in [2.45, 2.75) is 12.1 Å². The Morgan fingerprint density at radius 3 is 2.68 bits per heavy atom. The van der Waals surface area contributed by atoms with E-state index in [4.69, 9.17) is 11.6 Å². The van der Waals surface area contributed by atoms with Gasteiger partial charge in [0.2, 0.25) is 5.91 Å². The zero-order valence-electron chi connectivity index (χ0n) is 14.3. The van der Waals surface area contributed by atoms with Gasteiger partial charge in [0, 0.05) is 0 Å². The Balaban J connectivity index is 1.50. The van der Waals surface area contributed by atoms with Gasteiger partial charge in [-0.1, -0.05) is 35.0 Å². The molecule has 1 saturated heterocycles. The van der Waals surface area contributed by atoms with E-state index in [1.165, 1.54) is 18.2 Å². The number of hydrogen-bond donors (Lipinski definition) is 1. The molecule has 8 nitrogen and oxygen atoms in total. The van der Waals surface area contributed by atoms with Crippen LogP contribution in [0.25, 0.3) is 0 Å². The van der Waals surface area contributed by atoms with Crippen LogP contribution in [0.4, 0.5) is 15.8 Å². The molecule has 0 unspecified atom stereocenters. The number of carbonyl (C=O) groups is 3. The fraction of sp³-hybridized carbons (Fsp3) is 0.167. The second-order valence-corrected chi connectivity index (χ2v) is 6.62. The van der Waals surface area contributed by atoms with Gasteiger partial charge < -0.3 is 5.32 Å². The van der Waals surface area contributed by atoms with Crippen molar-refractivity contribution in [1.29, 1.82) is 0 Å². The number of nitrogens with one attached hydrogen (secondary N) is 1. The van der Waals surface area contributed by atoms with Crippen LogP contribution < -0.4 is 10.2 Å². The van der Waals surface area contributed by atoms with Crippen molar-refractivity contribution in [3.63, 3.8) is 0 Å². The van der Waals surface area contributed by atoms with Crippen LogP contribution in [-0.2, 0) is 14.4 Å². The first-order valence-corrected chi connectivity index (χ1v) is 8.68. The van der Waals surface area contributed by atoms with Gasteiger partial charge in [0.15, 0.2) is 12.1 Å². The maximum atomic E-state index is 13.5. The first kappa shape index (κ1) is 18.1. The van der Waals surface area contributed by atoms with Crippen LogP contribution in [0.2, 0.25) is 5.02 Å². The minimum atomic E-state index is -1.07. The summed E-state index contributed by atoms with van der Waals surface area (Å²) >= 11 is 6.01. The van der Waals surface area contributed by atoms with Crippen molar-refractivity contribution < 1.29 is 18.8 Å². The minimum absolute atomic E-state index is 0.111. The highest BCUT2D eigenvalue weighted by atomic mass is 35.5. The minimum Gasteiger partial charge on any atom is -0.323 e. The molecule has 28 heavy (non-hydrogen) atoms. The fourth-order valence-electron chi connectivity index (χ4n) is 3.12. The van der Waals surface area contributed by atoms with Crippen molar-refractivity contribution in [2.75, 3.05) is 16.8 Å². The van der Waals surface area contributed by atoms with Crippen LogP contribution >= 0.6 is 11.6 Å². The van der Waals surface area contributed by atoms with Crippen molar-refractivity contribution in [2.24, 2.45) is 10.3 Å². The third kappa shape index (κ3) is 3.09. The fourth-order valence-corrected chi connectivity index (χ4v) is 3.31. The molecule has 0 radical (unpaired) electrons. The molecule has 0 bridgehead atoms. The Morgan fingerprint density at radius 2 is 1.93 bits per heavy atom. The van der Waals surface area contributed by atoms with Gasteiger partial charge >= 0.3 is 0 Å². The predicted molar refractivity (Wildman–Crippen MR) is 98.1 cm³/mol. The van der Waals surface area contributed by atoms with Crippen molar-refractivity contribution in [1.82, 2.24) is 5.01 Å². The lowest BCUT2D eigenvalue weighted by Gasteiger charge is -2.20. The topological polar surface area (TPSA) is 94.4 Å². The van der Waals surface area contributed by atoms with Crippen LogP contribution in [0, 0.1) is 5.82 Å². The van der Waals surface area contributed by atoms with Crippen molar-refractivity contribution in [3.8, 4) is 0 Å². The first-order chi connectivity index (χ1) is 13.5. The van der Waals surface area contributed by atoms with E-state index >= 15 is 0 Å². The number of benzene rings is 2. The summed E-state index contributed by atoms with van der Waals surface area (Å²) in [5.74, 6) is -2.28. The third-order valence-electron chi connectivity index (χ3n) is 4.38. The van der Waals surface area contributed by atoms with Crippen LogP contribution in [0.5, 0.6) is 0 Å². The molecule has 4 rings (SSSR count). The Morgan fingerprint density at radius 1 is 1.14 bits per heavy atom. The molecular weight excluding hydrogens is 389 g/mol. The summed E-state index contributed by atoms with van der Waals surface area (Å²) in [6.45, 7) is -0.300. The molecule has 1 N–H and O–H groups in total. The van der Waals surface area contributed by atoms with E-state index in [2.05, 4.69) is 15.7 Å². The summed E-state index contributed by atoms with van der Waals surface area (Å²) in [5, 5.41) is 11.7. The summed E-state index contributed by atoms with van der Waals surface area (Å²) in [6.07, 6.45) is 0. The van der Waals surface area contributed by atoms with E-state index in [0.29, 0.717) is 10.7 Å². The molecule has 0 aromatic heterocycles. The highest BCUT2D eigenvalue weighted by Crippen LogP contribution is 2.32. The summed E-state index contributed by atoms with van der Waals surface area (Å²) in [5.41, 5.74) is 0.525. The van der Waals surface area contributed by atoms with Gasteiger partial charge in [-0.05, 0) is 30.3 Å². The van der Waals surface area contributed by atoms with E-state index < -0.39 is 35.6 Å². The quantitative estimate of drug-likeness (QED) is 0.796. The van der Waals surface area contributed by atoms with Crippen molar-refractivity contribution in [3.05, 3.63) is 59.4 Å². The third-order valence-corrected chi connectivity index (χ3v) is 4.71. The Kier molecular flexibility index (Phi) is 4.52. The SMILES string of the molecule is O=C(CN1N=N[C@@H]2C(=O)N(c3cccc(F)c3)C(=O)[C@H]21)Nc1ccccc1Cl. The summed E-state index contributed by atoms with van der Waals surface area (Å²) < 4.78 is 13.5. The number of anilines is 2. The van der Waals surface area contributed by atoms with E-state index in [1.54, 1.807) is 24.3 Å². The lowest BCUT2D eigenvalue weighted by Crippen LogP contribution is -2.43. The Bertz CT molecular complexity index is 1010. The average Bonchev–Trinajstić information content (AvgIpc) is 3.17. The lowest BCUT2D eigenvalue weighted by molar-refractivity contribution is -0.123. The number of carbonyl (C=O) groups excluding carboxylic acids is 3. The number of imide groups is 1. The monoisotopic (exact) mass is 401 g/mol. The number of amides is 3. The molecule has 2 aliphatic rings. The van der Waals surface area contributed by atoms with E-state index in [1.807, 2.05) is 0 Å². The molecular formula is C18H13ClFN5O3. The molecule has 3 amide bonds. The molecule has 0 aliphatic carbocycles. The van der Waals surface area contributed by atoms with Crippen LogP contribution in [0.3, 0.4) is 0 Å². The van der Waals surface area contributed by atoms with E-state index in [-0.39, 0.29) is 12.2 Å². The zero-order valence-corrected chi connectivity index (χ0v) is 15.0. The number of halogens is 2. The number of nitrogens with zero attached hydrogens (tertiary/aromatic N) is 4. The number of hydrogen-bond acceptors (Lipinski definition) is 6. The lowest BCUT2D eigenvalue weighted by atomic mass is 10.1. The molecule has 2 aromatic rings. The second-order valence-electron chi connectivity index (χ2n) is 6.21. The summed E-state index contributed by atoms with van der Waals surface area (Å²) in [6, 6.07) is 9.72. The van der Waals surface area contributed by atoms with Gasteiger partial charge in [0.1, 0.15) is 12.4 Å². The maximum absolute atomic E-state index is 13.5. The zero-order chi connectivity index (χ0) is 19.8. The summed E-state index contributed by atoms with van der Waals surface area (Å²) in [7, 11) is 0. The highest BCUT2D eigenvalue weighted by molar-refractivity contribution is 6.33. The van der Waals surface area contributed by atoms with E-state index in [0.717, 1.165) is 16.0 Å². The van der Waals surface area contributed by atoms with Crippen LogP contribution in [-0.4, -0.2) is 41.4 Å². The molecule has 0 saturated carbocycles. The molecule has 2 aromatic carbocycles. The molecule has 1 fully saturated rings. The molecule has 10 heteroatoms. The smallest absolute Gasteiger partial charge is 0.263 e. The van der Waals surface area contributed by atoms with Gasteiger partial charge in [-0.25, -0.2) is 9.29 Å². The average molecular weight is 402 g/mol. The van der Waals surface area contributed by atoms with Gasteiger partial charge in [-0.15, -0.1) is 0 Å². The number of rotatable bonds is 4. The van der Waals surface area contributed by atoms with Gasteiger partial charge in [-0.3, -0.25) is 19.4 Å². The Labute approximate surface area is 163 Å². The molecule has 0 spiro atoms. The molecule has 142 valence electrons. The number of fused-ring (bicyclic) bond motifs is 1.